The molecule has 0 saturated carbocycles. The van der Waals surface area contributed by atoms with Crippen molar-refractivity contribution in [3.05, 3.63) is 48.8 Å². The number of ether oxygens (including phenoxy) is 1. The second kappa shape index (κ2) is 6.84. The van der Waals surface area contributed by atoms with E-state index >= 15 is 0 Å². The molecule has 116 valence electrons. The van der Waals surface area contributed by atoms with Gasteiger partial charge in [-0.2, -0.15) is 0 Å². The van der Waals surface area contributed by atoms with Crippen molar-refractivity contribution >= 4 is 28.2 Å². The topological polar surface area (TPSA) is 89.0 Å². The van der Waals surface area contributed by atoms with E-state index in [2.05, 4.69) is 25.8 Å². The lowest BCUT2D eigenvalue weighted by Crippen LogP contribution is -2.19. The summed E-state index contributed by atoms with van der Waals surface area (Å²) in [6.45, 7) is 0. The normalized spacial score (nSPS) is 10.1. The van der Waals surface area contributed by atoms with E-state index in [1.165, 1.54) is 11.3 Å². The zero-order chi connectivity index (χ0) is 16.1. The number of benzene rings is 1. The fraction of sp³-hybridized carbons (Fsp3) is 0.0667. The Morgan fingerprint density at radius 3 is 2.65 bits per heavy atom. The summed E-state index contributed by atoms with van der Waals surface area (Å²) < 4.78 is 5.18. The fourth-order valence-electron chi connectivity index (χ4n) is 1.88. The highest BCUT2D eigenvalue weighted by Crippen LogP contribution is 2.26. The molecule has 2 heterocycles. The van der Waals surface area contributed by atoms with E-state index < -0.39 is 6.03 Å². The van der Waals surface area contributed by atoms with Gasteiger partial charge in [0, 0.05) is 18.0 Å². The van der Waals surface area contributed by atoms with Crippen LogP contribution in [0.2, 0.25) is 0 Å². The highest BCUT2D eigenvalue weighted by atomic mass is 32.1. The molecule has 0 aliphatic rings. The first-order chi connectivity index (χ1) is 11.3. The molecule has 0 spiro atoms. The van der Waals surface area contributed by atoms with Crippen molar-refractivity contribution in [2.75, 3.05) is 17.7 Å². The van der Waals surface area contributed by atoms with E-state index in [9.17, 15) is 4.79 Å². The minimum atomic E-state index is -0.410. The van der Waals surface area contributed by atoms with Crippen molar-refractivity contribution in [2.24, 2.45) is 0 Å². The number of carbonyl (C=O) groups excluding carboxylic acids is 1. The molecule has 0 saturated heterocycles. The van der Waals surface area contributed by atoms with Crippen molar-refractivity contribution in [3.8, 4) is 16.3 Å². The van der Waals surface area contributed by atoms with Crippen molar-refractivity contribution in [3.63, 3.8) is 0 Å². The average molecular weight is 327 g/mol. The maximum Gasteiger partial charge on any atom is 0.325 e. The summed E-state index contributed by atoms with van der Waals surface area (Å²) in [5, 5.41) is 14.5. The summed E-state index contributed by atoms with van der Waals surface area (Å²) in [5.41, 5.74) is 1.47. The monoisotopic (exact) mass is 327 g/mol. The van der Waals surface area contributed by atoms with Crippen LogP contribution in [-0.2, 0) is 0 Å². The van der Waals surface area contributed by atoms with Gasteiger partial charge in [-0.05, 0) is 24.3 Å². The van der Waals surface area contributed by atoms with Crippen molar-refractivity contribution in [1.82, 2.24) is 15.2 Å². The van der Waals surface area contributed by atoms with Crippen LogP contribution < -0.4 is 15.4 Å². The van der Waals surface area contributed by atoms with Crippen LogP contribution in [0.3, 0.4) is 0 Å². The molecule has 0 radical (unpaired) electrons. The van der Waals surface area contributed by atoms with E-state index in [-0.39, 0.29) is 0 Å². The number of hydrogen-bond acceptors (Lipinski definition) is 6. The van der Waals surface area contributed by atoms with Crippen LogP contribution in [0.4, 0.5) is 15.6 Å². The standard InChI is InChI=1S/C15H13N5O2S/c1-22-12-5-3-2-4-11(12)17-14(21)18-15-20-19-13(23-15)10-6-8-16-9-7-10/h2-9H,1H3,(H2,17,18,20,21). The third-order valence-electron chi connectivity index (χ3n) is 2.93. The summed E-state index contributed by atoms with van der Waals surface area (Å²) in [6.07, 6.45) is 3.36. The minimum Gasteiger partial charge on any atom is -0.495 e. The number of anilines is 2. The van der Waals surface area contributed by atoms with Crippen molar-refractivity contribution < 1.29 is 9.53 Å². The summed E-state index contributed by atoms with van der Waals surface area (Å²) in [4.78, 5) is 16.0. The molecular weight excluding hydrogens is 314 g/mol. The number of nitrogens with one attached hydrogen (secondary N) is 2. The number of rotatable bonds is 4. The van der Waals surface area contributed by atoms with Gasteiger partial charge in [-0.15, -0.1) is 10.2 Å². The Bertz CT molecular complexity index is 806. The number of aromatic nitrogens is 3. The van der Waals surface area contributed by atoms with Crippen LogP contribution in [-0.4, -0.2) is 28.3 Å². The number of nitrogens with zero attached hydrogens (tertiary/aromatic N) is 3. The van der Waals surface area contributed by atoms with Gasteiger partial charge in [0.2, 0.25) is 5.13 Å². The van der Waals surface area contributed by atoms with Crippen LogP contribution in [0.25, 0.3) is 10.6 Å². The van der Waals surface area contributed by atoms with Crippen LogP contribution in [0.5, 0.6) is 5.75 Å². The van der Waals surface area contributed by atoms with Gasteiger partial charge in [0.15, 0.2) is 0 Å². The first kappa shape index (κ1) is 14.9. The number of pyridine rings is 1. The first-order valence-electron chi connectivity index (χ1n) is 6.71. The molecule has 3 aromatic rings. The molecule has 0 aliphatic heterocycles. The number of methoxy groups -OCH3 is 1. The summed E-state index contributed by atoms with van der Waals surface area (Å²) >= 11 is 1.28. The van der Waals surface area contributed by atoms with Gasteiger partial charge in [0.1, 0.15) is 10.8 Å². The summed E-state index contributed by atoms with van der Waals surface area (Å²) in [6, 6.07) is 10.4. The van der Waals surface area contributed by atoms with E-state index in [0.29, 0.717) is 21.6 Å². The van der Waals surface area contributed by atoms with Gasteiger partial charge in [0.25, 0.3) is 0 Å². The zero-order valence-corrected chi connectivity index (χ0v) is 13.0. The van der Waals surface area contributed by atoms with E-state index in [0.717, 1.165) is 5.56 Å². The van der Waals surface area contributed by atoms with Crippen molar-refractivity contribution in [2.45, 2.75) is 0 Å². The Morgan fingerprint density at radius 1 is 1.09 bits per heavy atom. The largest absolute Gasteiger partial charge is 0.495 e. The third-order valence-corrected chi connectivity index (χ3v) is 3.82. The predicted octanol–water partition coefficient (Wildman–Crippen LogP) is 3.25. The number of hydrogen-bond donors (Lipinski definition) is 2. The Hall–Kier alpha value is -3.00. The van der Waals surface area contributed by atoms with E-state index in [1.54, 1.807) is 31.6 Å². The molecule has 23 heavy (non-hydrogen) atoms. The maximum atomic E-state index is 12.0. The van der Waals surface area contributed by atoms with Gasteiger partial charge >= 0.3 is 6.03 Å². The maximum absolute atomic E-state index is 12.0. The van der Waals surface area contributed by atoms with E-state index in [1.807, 2.05) is 24.3 Å². The van der Waals surface area contributed by atoms with Crippen LogP contribution >= 0.6 is 11.3 Å². The molecule has 0 fully saturated rings. The average Bonchev–Trinajstić information content (AvgIpc) is 3.04. The SMILES string of the molecule is COc1ccccc1NC(=O)Nc1nnc(-c2ccncc2)s1. The van der Waals surface area contributed by atoms with Gasteiger partial charge in [-0.3, -0.25) is 10.3 Å². The summed E-state index contributed by atoms with van der Waals surface area (Å²) in [7, 11) is 1.55. The third kappa shape index (κ3) is 3.61. The Balaban J connectivity index is 1.68. The van der Waals surface area contributed by atoms with Crippen molar-refractivity contribution in [1.29, 1.82) is 0 Å². The van der Waals surface area contributed by atoms with Gasteiger partial charge < -0.3 is 10.1 Å². The Labute approximate surface area is 136 Å². The fourth-order valence-corrected chi connectivity index (χ4v) is 2.63. The molecule has 0 unspecified atom stereocenters. The molecule has 8 heteroatoms. The van der Waals surface area contributed by atoms with E-state index in [4.69, 9.17) is 4.74 Å². The molecule has 7 nitrogen and oxygen atoms in total. The van der Waals surface area contributed by atoms with Gasteiger partial charge in [-0.25, -0.2) is 4.79 Å². The van der Waals surface area contributed by atoms with Gasteiger partial charge in [0.05, 0.1) is 12.8 Å². The summed E-state index contributed by atoms with van der Waals surface area (Å²) in [5.74, 6) is 0.581. The number of para-hydroxylation sites is 2. The second-order valence-electron chi connectivity index (χ2n) is 4.43. The molecule has 1 aromatic carbocycles. The molecule has 2 N–H and O–H groups in total. The molecule has 3 rings (SSSR count). The lowest BCUT2D eigenvalue weighted by molar-refractivity contribution is 0.262. The number of amides is 2. The minimum absolute atomic E-state index is 0.407. The highest BCUT2D eigenvalue weighted by molar-refractivity contribution is 7.18. The van der Waals surface area contributed by atoms with Crippen LogP contribution in [0.1, 0.15) is 0 Å². The molecule has 0 bridgehead atoms. The second-order valence-corrected chi connectivity index (χ2v) is 5.41. The quantitative estimate of drug-likeness (QED) is 0.768. The lowest BCUT2D eigenvalue weighted by atomic mass is 10.3. The van der Waals surface area contributed by atoms with Gasteiger partial charge in [-0.1, -0.05) is 23.5 Å². The van der Waals surface area contributed by atoms with Crippen LogP contribution in [0, 0.1) is 0 Å². The number of urea groups is 1. The molecule has 2 aromatic heterocycles. The number of carbonyl (C=O) groups is 1. The Kier molecular flexibility index (Phi) is 4.44. The lowest BCUT2D eigenvalue weighted by Gasteiger charge is -2.09. The highest BCUT2D eigenvalue weighted by Gasteiger charge is 2.11. The first-order valence-corrected chi connectivity index (χ1v) is 7.53. The molecule has 0 aliphatic carbocycles. The predicted molar refractivity (Wildman–Crippen MR) is 88.8 cm³/mol. The molecule has 2 amide bonds. The molecule has 0 atom stereocenters. The zero-order valence-electron chi connectivity index (χ0n) is 12.2. The van der Waals surface area contributed by atoms with Crippen LogP contribution in [0.15, 0.2) is 48.8 Å². The molecular formula is C15H13N5O2S. The Morgan fingerprint density at radius 2 is 1.87 bits per heavy atom. The smallest absolute Gasteiger partial charge is 0.325 e.